The molecule has 0 unspecified atom stereocenters. The number of sulfonamides is 1. The summed E-state index contributed by atoms with van der Waals surface area (Å²) in [5, 5.41) is 1.08. The van der Waals surface area contributed by atoms with Crippen LogP contribution in [0.5, 0.6) is 0 Å². The minimum Gasteiger partial charge on any atom is -0.354 e. The van der Waals surface area contributed by atoms with E-state index in [-0.39, 0.29) is 4.90 Å². The molecule has 1 aromatic heterocycles. The van der Waals surface area contributed by atoms with Crippen LogP contribution >= 0.6 is 0 Å². The highest BCUT2D eigenvalue weighted by Crippen LogP contribution is 2.31. The Morgan fingerprint density at radius 3 is 2.24 bits per heavy atom. The number of rotatable bonds is 4. The minimum atomic E-state index is -3.64. The quantitative estimate of drug-likeness (QED) is 0.564. The van der Waals surface area contributed by atoms with E-state index < -0.39 is 10.0 Å². The van der Waals surface area contributed by atoms with Gasteiger partial charge in [-0.25, -0.2) is 8.42 Å². The second-order valence-corrected chi connectivity index (χ2v) is 7.42. The number of hydrogen-bond acceptors (Lipinski definition) is 2. The van der Waals surface area contributed by atoms with Gasteiger partial charge in [-0.3, -0.25) is 4.72 Å². The number of hydrogen-bond donors (Lipinski definition) is 2. The van der Waals surface area contributed by atoms with E-state index in [1.54, 1.807) is 36.4 Å². The van der Waals surface area contributed by atoms with Crippen molar-refractivity contribution in [3.05, 3.63) is 84.9 Å². The van der Waals surface area contributed by atoms with Gasteiger partial charge < -0.3 is 4.98 Å². The third-order valence-corrected chi connectivity index (χ3v) is 5.43. The summed E-state index contributed by atoms with van der Waals surface area (Å²) in [6.07, 6.45) is 0. The number of aromatic amines is 1. The molecule has 0 saturated heterocycles. The summed E-state index contributed by atoms with van der Waals surface area (Å²) in [5.74, 6) is 0. The molecule has 2 N–H and O–H groups in total. The molecule has 0 fully saturated rings. The second-order valence-electron chi connectivity index (χ2n) is 5.73. The smallest absolute Gasteiger partial charge is 0.261 e. The van der Waals surface area contributed by atoms with E-state index >= 15 is 0 Å². The van der Waals surface area contributed by atoms with Gasteiger partial charge in [-0.05, 0) is 30.3 Å². The highest BCUT2D eigenvalue weighted by Gasteiger charge is 2.16. The SMILES string of the molecule is O=S(=O)(Nc1ccccc1-c1cc2ccccc2[nH]1)c1ccccc1. The van der Waals surface area contributed by atoms with Crippen molar-refractivity contribution in [1.29, 1.82) is 0 Å². The zero-order valence-electron chi connectivity index (χ0n) is 13.3. The molecule has 0 atom stereocenters. The number of H-pyrrole nitrogens is 1. The number of fused-ring (bicyclic) bond motifs is 1. The first-order valence-corrected chi connectivity index (χ1v) is 9.37. The number of para-hydroxylation sites is 2. The largest absolute Gasteiger partial charge is 0.354 e. The van der Waals surface area contributed by atoms with Crippen LogP contribution in [0.3, 0.4) is 0 Å². The summed E-state index contributed by atoms with van der Waals surface area (Å²) in [6.45, 7) is 0. The van der Waals surface area contributed by atoms with Gasteiger partial charge in [0, 0.05) is 22.2 Å². The van der Waals surface area contributed by atoms with Crippen molar-refractivity contribution < 1.29 is 8.42 Å². The predicted molar refractivity (Wildman–Crippen MR) is 101 cm³/mol. The third-order valence-electron chi connectivity index (χ3n) is 4.05. The van der Waals surface area contributed by atoms with Crippen LogP contribution in [-0.4, -0.2) is 13.4 Å². The molecular weight excluding hydrogens is 332 g/mol. The Morgan fingerprint density at radius 2 is 1.44 bits per heavy atom. The normalized spacial score (nSPS) is 11.5. The van der Waals surface area contributed by atoms with Crippen molar-refractivity contribution in [1.82, 2.24) is 4.98 Å². The van der Waals surface area contributed by atoms with Gasteiger partial charge >= 0.3 is 0 Å². The first-order valence-electron chi connectivity index (χ1n) is 7.88. The summed E-state index contributed by atoms with van der Waals surface area (Å²) in [4.78, 5) is 3.58. The van der Waals surface area contributed by atoms with Gasteiger partial charge in [-0.15, -0.1) is 0 Å². The Hall–Kier alpha value is -3.05. The maximum Gasteiger partial charge on any atom is 0.261 e. The zero-order chi connectivity index (χ0) is 17.3. The fraction of sp³-hybridized carbons (Fsp3) is 0. The van der Waals surface area contributed by atoms with Crippen LogP contribution in [0.25, 0.3) is 22.2 Å². The molecule has 0 aliphatic rings. The van der Waals surface area contributed by atoms with Crippen molar-refractivity contribution >= 4 is 26.6 Å². The molecule has 1 heterocycles. The number of nitrogens with one attached hydrogen (secondary N) is 2. The lowest BCUT2D eigenvalue weighted by molar-refractivity contribution is 0.601. The maximum atomic E-state index is 12.6. The van der Waals surface area contributed by atoms with E-state index in [9.17, 15) is 8.42 Å². The average Bonchev–Trinajstić information content (AvgIpc) is 3.06. The van der Waals surface area contributed by atoms with Crippen LogP contribution in [0.2, 0.25) is 0 Å². The molecule has 4 rings (SSSR count). The lowest BCUT2D eigenvalue weighted by Gasteiger charge is -2.12. The molecule has 124 valence electrons. The van der Waals surface area contributed by atoms with E-state index in [0.29, 0.717) is 5.69 Å². The van der Waals surface area contributed by atoms with E-state index in [2.05, 4.69) is 9.71 Å². The summed E-state index contributed by atoms with van der Waals surface area (Å²) in [5.41, 5.74) is 3.22. The monoisotopic (exact) mass is 348 g/mol. The molecule has 3 aromatic carbocycles. The Morgan fingerprint density at radius 1 is 0.760 bits per heavy atom. The van der Waals surface area contributed by atoms with Crippen molar-refractivity contribution in [3.63, 3.8) is 0 Å². The van der Waals surface area contributed by atoms with Gasteiger partial charge in [-0.2, -0.15) is 0 Å². The van der Waals surface area contributed by atoms with Gasteiger partial charge in [0.15, 0.2) is 0 Å². The van der Waals surface area contributed by atoms with Gasteiger partial charge in [-0.1, -0.05) is 54.6 Å². The molecule has 25 heavy (non-hydrogen) atoms. The summed E-state index contributed by atoms with van der Waals surface area (Å²) in [7, 11) is -3.64. The Balaban J connectivity index is 1.77. The molecule has 0 saturated carbocycles. The van der Waals surface area contributed by atoms with Crippen LogP contribution in [0.4, 0.5) is 5.69 Å². The highest BCUT2D eigenvalue weighted by molar-refractivity contribution is 7.92. The van der Waals surface area contributed by atoms with Crippen LogP contribution in [0, 0.1) is 0 Å². The van der Waals surface area contributed by atoms with Crippen molar-refractivity contribution in [3.8, 4) is 11.3 Å². The number of aromatic nitrogens is 1. The van der Waals surface area contributed by atoms with Gasteiger partial charge in [0.2, 0.25) is 0 Å². The highest BCUT2D eigenvalue weighted by atomic mass is 32.2. The lowest BCUT2D eigenvalue weighted by Crippen LogP contribution is -2.13. The first kappa shape index (κ1) is 15.5. The van der Waals surface area contributed by atoms with E-state index in [1.807, 2.05) is 48.5 Å². The second kappa shape index (κ2) is 6.11. The molecule has 5 heteroatoms. The molecule has 4 nitrogen and oxygen atoms in total. The summed E-state index contributed by atoms with van der Waals surface area (Å²) in [6, 6.07) is 25.7. The van der Waals surface area contributed by atoms with E-state index in [0.717, 1.165) is 22.2 Å². The zero-order valence-corrected chi connectivity index (χ0v) is 14.1. The van der Waals surface area contributed by atoms with Crippen LogP contribution in [0.1, 0.15) is 0 Å². The molecule has 0 radical (unpaired) electrons. The van der Waals surface area contributed by atoms with E-state index in [1.165, 1.54) is 0 Å². The van der Waals surface area contributed by atoms with Crippen molar-refractivity contribution in [2.45, 2.75) is 4.90 Å². The standard InChI is InChI=1S/C20H16N2O2S/c23-25(24,16-9-2-1-3-10-16)22-19-13-7-5-11-17(19)20-14-15-8-4-6-12-18(15)21-20/h1-14,21-22H. The molecule has 4 aromatic rings. The Kier molecular flexibility index (Phi) is 3.78. The average molecular weight is 348 g/mol. The fourth-order valence-electron chi connectivity index (χ4n) is 2.83. The Labute approximate surface area is 146 Å². The van der Waals surface area contributed by atoms with E-state index in [4.69, 9.17) is 0 Å². The third kappa shape index (κ3) is 3.02. The summed E-state index contributed by atoms with van der Waals surface area (Å²) < 4.78 is 28.0. The number of anilines is 1. The molecule has 0 spiro atoms. The molecule has 0 bridgehead atoms. The molecule has 0 aliphatic heterocycles. The topological polar surface area (TPSA) is 62.0 Å². The first-order chi connectivity index (χ1) is 12.1. The number of benzene rings is 3. The van der Waals surface area contributed by atoms with Crippen molar-refractivity contribution in [2.24, 2.45) is 0 Å². The Bertz CT molecular complexity index is 1100. The molecule has 0 amide bonds. The lowest BCUT2D eigenvalue weighted by atomic mass is 10.1. The van der Waals surface area contributed by atoms with Gasteiger partial charge in [0.05, 0.1) is 10.6 Å². The minimum absolute atomic E-state index is 0.237. The fourth-order valence-corrected chi connectivity index (χ4v) is 3.93. The maximum absolute atomic E-state index is 12.6. The van der Waals surface area contributed by atoms with Crippen LogP contribution in [-0.2, 0) is 10.0 Å². The molecule has 0 aliphatic carbocycles. The summed E-state index contributed by atoms with van der Waals surface area (Å²) >= 11 is 0. The van der Waals surface area contributed by atoms with Gasteiger partial charge in [0.1, 0.15) is 0 Å². The van der Waals surface area contributed by atoms with Crippen LogP contribution in [0.15, 0.2) is 89.8 Å². The van der Waals surface area contributed by atoms with Gasteiger partial charge in [0.25, 0.3) is 10.0 Å². The van der Waals surface area contributed by atoms with Crippen LogP contribution < -0.4 is 4.72 Å². The van der Waals surface area contributed by atoms with Crippen molar-refractivity contribution in [2.75, 3.05) is 4.72 Å². The predicted octanol–water partition coefficient (Wildman–Crippen LogP) is 4.64. The molecular formula is C20H16N2O2S.